The molecule has 0 unspecified atom stereocenters. The highest BCUT2D eigenvalue weighted by atomic mass is 127. The van der Waals surface area contributed by atoms with Gasteiger partial charge in [0.25, 0.3) is 0 Å². The first-order valence-corrected chi connectivity index (χ1v) is 6.50. The molecule has 0 aromatic carbocycles. The molecule has 60 valence electrons. The van der Waals surface area contributed by atoms with Gasteiger partial charge in [0.05, 0.1) is 0 Å². The average molecular weight is 289 g/mol. The molecule has 1 heterocycles. The van der Waals surface area contributed by atoms with Crippen LogP contribution in [0.25, 0.3) is 0 Å². The lowest BCUT2D eigenvalue weighted by Gasteiger charge is -2.27. The van der Waals surface area contributed by atoms with Crippen molar-refractivity contribution in [2.45, 2.75) is 12.8 Å². The average Bonchev–Trinajstić information content (AvgIpc) is 1.88. The summed E-state index contributed by atoms with van der Waals surface area (Å²) >= 11 is 6.57. The van der Waals surface area contributed by atoms with E-state index in [1.54, 1.807) is 10.8 Å². The molecule has 1 nitrogen and oxygen atoms in total. The summed E-state index contributed by atoms with van der Waals surface area (Å²) in [6, 6.07) is 0. The van der Waals surface area contributed by atoms with Crippen LogP contribution in [0, 0.1) is 5.92 Å². The molecule has 1 fully saturated rings. The number of rotatable bonds is 2. The van der Waals surface area contributed by atoms with Crippen molar-refractivity contribution in [3.8, 4) is 0 Å². The zero-order valence-corrected chi connectivity index (χ0v) is 9.66. The van der Waals surface area contributed by atoms with Crippen molar-refractivity contribution in [2.24, 2.45) is 5.92 Å². The quantitative estimate of drug-likeness (QED) is 0.360. The van der Waals surface area contributed by atoms with Gasteiger partial charge in [0.2, 0.25) is 0 Å². The number of piperidine rings is 1. The van der Waals surface area contributed by atoms with Crippen LogP contribution in [0.4, 0.5) is 0 Å². The van der Waals surface area contributed by atoms with Crippen molar-refractivity contribution in [2.75, 3.05) is 18.8 Å². The third-order valence-electron chi connectivity index (χ3n) is 1.78. The lowest BCUT2D eigenvalue weighted by molar-refractivity contribution is 0.327. The fourth-order valence-electron chi connectivity index (χ4n) is 1.26. The minimum absolute atomic E-state index is 0.883. The third kappa shape index (κ3) is 3.19. The lowest BCUT2D eigenvalue weighted by Crippen LogP contribution is -2.28. The number of hydrogen-bond acceptors (Lipinski definition) is 3. The topological polar surface area (TPSA) is 3.24 Å². The van der Waals surface area contributed by atoms with Crippen LogP contribution < -0.4 is 0 Å². The van der Waals surface area contributed by atoms with Gasteiger partial charge in [0.15, 0.2) is 0 Å². The first kappa shape index (κ1) is 9.48. The summed E-state index contributed by atoms with van der Waals surface area (Å²) < 4.78 is 2.38. The highest BCUT2D eigenvalue weighted by molar-refractivity contribution is 14.1. The van der Waals surface area contributed by atoms with Crippen LogP contribution in [0.15, 0.2) is 0 Å². The predicted molar refractivity (Wildman–Crippen MR) is 59.8 cm³/mol. The Hall–Kier alpha value is 1.39. The van der Waals surface area contributed by atoms with Crippen molar-refractivity contribution < 1.29 is 0 Å². The Morgan fingerprint density at radius 2 is 2.50 bits per heavy atom. The molecular formula is C6H12INS2. The molecule has 4 heteroatoms. The zero-order chi connectivity index (χ0) is 7.40. The second-order valence-corrected chi connectivity index (χ2v) is 5.40. The Morgan fingerprint density at radius 1 is 1.70 bits per heavy atom. The van der Waals surface area contributed by atoms with Gasteiger partial charge in [0.1, 0.15) is 0 Å². The minimum Gasteiger partial charge on any atom is -0.247 e. The summed E-state index contributed by atoms with van der Waals surface area (Å²) in [5, 5.41) is 0. The normalized spacial score (nSPS) is 28.8. The summed E-state index contributed by atoms with van der Waals surface area (Å²) in [5.41, 5.74) is 0. The SMILES string of the molecule is SSC[C@H]1CCCN(I)C1. The van der Waals surface area contributed by atoms with Crippen LogP contribution in [0.1, 0.15) is 12.8 Å². The second-order valence-electron chi connectivity index (χ2n) is 2.67. The highest BCUT2D eigenvalue weighted by Crippen LogP contribution is 2.23. The van der Waals surface area contributed by atoms with E-state index in [4.69, 9.17) is 0 Å². The van der Waals surface area contributed by atoms with Crippen LogP contribution in [0.3, 0.4) is 0 Å². The molecule has 0 bridgehead atoms. The largest absolute Gasteiger partial charge is 0.247 e. The smallest absolute Gasteiger partial charge is 0.0201 e. The Balaban J connectivity index is 2.18. The molecule has 0 aromatic heterocycles. The zero-order valence-electron chi connectivity index (χ0n) is 5.79. The lowest BCUT2D eigenvalue weighted by atomic mass is 10.0. The first-order chi connectivity index (χ1) is 4.83. The fraction of sp³-hybridized carbons (Fsp3) is 1.00. The Labute approximate surface area is 85.6 Å². The van der Waals surface area contributed by atoms with Crippen LogP contribution in [-0.2, 0) is 0 Å². The van der Waals surface area contributed by atoms with E-state index in [1.807, 2.05) is 0 Å². The summed E-state index contributed by atoms with van der Waals surface area (Å²) in [6.45, 7) is 2.53. The van der Waals surface area contributed by atoms with E-state index in [1.165, 1.54) is 31.7 Å². The molecule has 0 aliphatic carbocycles. The van der Waals surface area contributed by atoms with Crippen molar-refractivity contribution >= 4 is 45.3 Å². The predicted octanol–water partition coefficient (Wildman–Crippen LogP) is 2.63. The monoisotopic (exact) mass is 289 g/mol. The van der Waals surface area contributed by atoms with Crippen LogP contribution in [0.2, 0.25) is 0 Å². The van der Waals surface area contributed by atoms with E-state index in [-0.39, 0.29) is 0 Å². The standard InChI is InChI=1S/C6H12INS2/c7-8-3-1-2-6(4-8)5-10-9/h6,9H,1-5H2/t6-/m0/s1. The summed E-state index contributed by atoms with van der Waals surface area (Å²) in [7, 11) is 1.67. The number of hydrogen-bond donors (Lipinski definition) is 1. The molecule has 0 aromatic rings. The Morgan fingerprint density at radius 3 is 3.10 bits per heavy atom. The molecule has 1 atom stereocenters. The highest BCUT2D eigenvalue weighted by Gasteiger charge is 2.16. The minimum atomic E-state index is 0.883. The number of nitrogens with zero attached hydrogens (tertiary/aromatic N) is 1. The molecular weight excluding hydrogens is 277 g/mol. The van der Waals surface area contributed by atoms with Gasteiger partial charge in [-0.05, 0) is 18.8 Å². The van der Waals surface area contributed by atoms with Crippen LogP contribution in [-0.4, -0.2) is 22.0 Å². The van der Waals surface area contributed by atoms with Crippen LogP contribution in [0.5, 0.6) is 0 Å². The maximum Gasteiger partial charge on any atom is 0.0201 e. The van der Waals surface area contributed by atoms with Crippen molar-refractivity contribution in [3.05, 3.63) is 0 Å². The first-order valence-electron chi connectivity index (χ1n) is 3.50. The van der Waals surface area contributed by atoms with Crippen molar-refractivity contribution in [1.82, 2.24) is 3.11 Å². The molecule has 0 radical (unpaired) electrons. The Kier molecular flexibility index (Phi) is 4.84. The molecule has 1 saturated heterocycles. The maximum absolute atomic E-state index is 4.16. The van der Waals surface area contributed by atoms with E-state index in [2.05, 4.69) is 37.6 Å². The molecule has 1 rings (SSSR count). The van der Waals surface area contributed by atoms with Gasteiger partial charge < -0.3 is 0 Å². The van der Waals surface area contributed by atoms with Gasteiger partial charge in [-0.1, -0.05) is 10.8 Å². The summed E-state index contributed by atoms with van der Waals surface area (Å²) in [5.74, 6) is 2.09. The van der Waals surface area contributed by atoms with Gasteiger partial charge in [-0.3, -0.25) is 0 Å². The van der Waals surface area contributed by atoms with Gasteiger partial charge in [-0.25, -0.2) is 3.11 Å². The van der Waals surface area contributed by atoms with Gasteiger partial charge in [0, 0.05) is 41.7 Å². The second kappa shape index (κ2) is 5.11. The molecule has 1 aliphatic rings. The van der Waals surface area contributed by atoms with E-state index >= 15 is 0 Å². The molecule has 0 amide bonds. The third-order valence-corrected chi connectivity index (χ3v) is 3.72. The van der Waals surface area contributed by atoms with Crippen LogP contribution >= 0.6 is 45.3 Å². The van der Waals surface area contributed by atoms with E-state index in [9.17, 15) is 0 Å². The maximum atomic E-state index is 4.16. The van der Waals surface area contributed by atoms with E-state index in [0.29, 0.717) is 0 Å². The molecule has 0 spiro atoms. The molecule has 0 N–H and O–H groups in total. The van der Waals surface area contributed by atoms with Crippen molar-refractivity contribution in [1.29, 1.82) is 0 Å². The van der Waals surface area contributed by atoms with Crippen molar-refractivity contribution in [3.63, 3.8) is 0 Å². The van der Waals surface area contributed by atoms with Gasteiger partial charge >= 0.3 is 0 Å². The van der Waals surface area contributed by atoms with E-state index in [0.717, 1.165) is 5.92 Å². The van der Waals surface area contributed by atoms with Gasteiger partial charge in [-0.15, -0.1) is 11.7 Å². The Bertz CT molecular complexity index is 99.7. The summed E-state index contributed by atoms with van der Waals surface area (Å²) in [4.78, 5) is 0. The molecule has 0 saturated carbocycles. The van der Waals surface area contributed by atoms with E-state index < -0.39 is 0 Å². The van der Waals surface area contributed by atoms with Gasteiger partial charge in [-0.2, -0.15) is 0 Å². The molecule has 1 aliphatic heterocycles. The number of halogens is 1. The number of thiol groups is 1. The summed E-state index contributed by atoms with van der Waals surface area (Å²) in [6.07, 6.45) is 2.76. The fourth-order valence-corrected chi connectivity index (χ4v) is 3.27. The molecule has 10 heavy (non-hydrogen) atoms.